The standard InChI is InChI=1S/C22H21NO6/c1-13-18(28-2)9-8-16-15(12-20(25)29-21(13)16)11-19(24)23-17(22(26)27)10-14-6-4-3-5-7-14/h3-9,12,17H,10-11H2,1-2H3,(H,23,24)(H,26,27)/t17-/m1/s1. The number of methoxy groups -OCH3 is 1. The van der Waals surface area contributed by atoms with Crippen molar-refractivity contribution >= 4 is 22.8 Å². The Bertz CT molecular complexity index is 1100. The number of hydrogen-bond donors (Lipinski definition) is 2. The lowest BCUT2D eigenvalue weighted by atomic mass is 10.0. The van der Waals surface area contributed by atoms with Crippen molar-refractivity contribution in [2.75, 3.05) is 7.11 Å². The van der Waals surface area contributed by atoms with Crippen LogP contribution in [0.15, 0.2) is 57.7 Å². The minimum absolute atomic E-state index is 0.146. The topological polar surface area (TPSA) is 106 Å². The number of rotatable bonds is 7. The number of fused-ring (bicyclic) bond motifs is 1. The van der Waals surface area contributed by atoms with Crippen LogP contribution >= 0.6 is 0 Å². The Kier molecular flexibility index (Phi) is 5.97. The summed E-state index contributed by atoms with van der Waals surface area (Å²) in [7, 11) is 1.52. The molecule has 7 nitrogen and oxygen atoms in total. The molecular weight excluding hydrogens is 374 g/mol. The van der Waals surface area contributed by atoms with Gasteiger partial charge in [0, 0.05) is 23.4 Å². The van der Waals surface area contributed by atoms with Crippen molar-refractivity contribution in [1.29, 1.82) is 0 Å². The van der Waals surface area contributed by atoms with Crippen LogP contribution in [0.3, 0.4) is 0 Å². The fourth-order valence-corrected chi connectivity index (χ4v) is 3.24. The van der Waals surface area contributed by atoms with E-state index in [0.717, 1.165) is 5.56 Å². The second-order valence-electron chi connectivity index (χ2n) is 6.69. The number of aliphatic carboxylic acids is 1. The number of carbonyl (C=O) groups excluding carboxylic acids is 1. The minimum Gasteiger partial charge on any atom is -0.496 e. The smallest absolute Gasteiger partial charge is 0.336 e. The van der Waals surface area contributed by atoms with E-state index in [0.29, 0.717) is 27.8 Å². The zero-order valence-electron chi connectivity index (χ0n) is 16.1. The second-order valence-corrected chi connectivity index (χ2v) is 6.69. The first-order valence-electron chi connectivity index (χ1n) is 9.05. The van der Waals surface area contributed by atoms with Gasteiger partial charge >= 0.3 is 11.6 Å². The molecule has 1 aromatic heterocycles. The molecule has 0 aliphatic heterocycles. The summed E-state index contributed by atoms with van der Waals surface area (Å²) < 4.78 is 10.5. The Labute approximate surface area is 166 Å². The van der Waals surface area contributed by atoms with Crippen LogP contribution in [0, 0.1) is 6.92 Å². The molecule has 29 heavy (non-hydrogen) atoms. The van der Waals surface area contributed by atoms with Crippen LogP contribution in [0.1, 0.15) is 16.7 Å². The number of benzene rings is 2. The molecule has 0 bridgehead atoms. The Balaban J connectivity index is 1.84. The predicted octanol–water partition coefficient (Wildman–Crippen LogP) is 2.46. The molecule has 7 heteroatoms. The van der Waals surface area contributed by atoms with Crippen LogP contribution in [-0.2, 0) is 22.4 Å². The molecule has 3 rings (SSSR count). The summed E-state index contributed by atoms with van der Waals surface area (Å²) in [5.74, 6) is -1.05. The van der Waals surface area contributed by atoms with Gasteiger partial charge in [0.05, 0.1) is 13.5 Å². The maximum Gasteiger partial charge on any atom is 0.336 e. The van der Waals surface area contributed by atoms with Crippen molar-refractivity contribution < 1.29 is 23.8 Å². The van der Waals surface area contributed by atoms with Gasteiger partial charge < -0.3 is 19.6 Å². The number of nitrogens with one attached hydrogen (secondary N) is 1. The third kappa shape index (κ3) is 4.63. The zero-order valence-corrected chi connectivity index (χ0v) is 16.1. The Hall–Kier alpha value is -3.61. The van der Waals surface area contributed by atoms with Gasteiger partial charge in [0.15, 0.2) is 0 Å². The highest BCUT2D eigenvalue weighted by Crippen LogP contribution is 2.28. The number of ether oxygens (including phenoxy) is 1. The maximum absolute atomic E-state index is 12.5. The number of carboxylic acid groups (broad SMARTS) is 1. The van der Waals surface area contributed by atoms with Gasteiger partial charge in [0.1, 0.15) is 17.4 Å². The molecule has 150 valence electrons. The van der Waals surface area contributed by atoms with Crippen LogP contribution in [0.5, 0.6) is 5.75 Å². The van der Waals surface area contributed by atoms with Crippen LogP contribution in [0.25, 0.3) is 11.0 Å². The molecule has 2 aromatic carbocycles. The normalized spacial score (nSPS) is 11.8. The summed E-state index contributed by atoms with van der Waals surface area (Å²) in [6, 6.07) is 12.7. The minimum atomic E-state index is -1.12. The van der Waals surface area contributed by atoms with Crippen LogP contribution in [0.2, 0.25) is 0 Å². The van der Waals surface area contributed by atoms with E-state index in [4.69, 9.17) is 9.15 Å². The van der Waals surface area contributed by atoms with Crippen LogP contribution in [0.4, 0.5) is 0 Å². The van der Waals surface area contributed by atoms with Gasteiger partial charge in [-0.1, -0.05) is 30.3 Å². The fourth-order valence-electron chi connectivity index (χ4n) is 3.24. The molecule has 2 N–H and O–H groups in total. The lowest BCUT2D eigenvalue weighted by Gasteiger charge is -2.15. The number of aryl methyl sites for hydroxylation is 1. The summed E-state index contributed by atoms with van der Waals surface area (Å²) in [5, 5.41) is 12.6. The third-order valence-corrected chi connectivity index (χ3v) is 4.68. The SMILES string of the molecule is COc1ccc2c(CC(=O)N[C@H](Cc3ccccc3)C(=O)O)cc(=O)oc2c1C. The maximum atomic E-state index is 12.5. The van der Waals surface area contributed by atoms with Gasteiger partial charge in [-0.15, -0.1) is 0 Å². The summed E-state index contributed by atoms with van der Waals surface area (Å²) in [6.07, 6.45) is 0.0162. The molecule has 1 amide bonds. The van der Waals surface area contributed by atoms with E-state index in [2.05, 4.69) is 5.32 Å². The molecule has 0 spiro atoms. The molecule has 0 unspecified atom stereocenters. The average molecular weight is 395 g/mol. The largest absolute Gasteiger partial charge is 0.496 e. The Morgan fingerprint density at radius 3 is 2.55 bits per heavy atom. The monoisotopic (exact) mass is 395 g/mol. The van der Waals surface area contributed by atoms with E-state index >= 15 is 0 Å². The Morgan fingerprint density at radius 2 is 1.90 bits per heavy atom. The first kappa shape index (κ1) is 20.1. The summed E-state index contributed by atoms with van der Waals surface area (Å²) >= 11 is 0. The lowest BCUT2D eigenvalue weighted by molar-refractivity contribution is -0.141. The van der Waals surface area contributed by atoms with Crippen molar-refractivity contribution in [2.24, 2.45) is 0 Å². The van der Waals surface area contributed by atoms with Crippen LogP contribution < -0.4 is 15.7 Å². The molecule has 0 saturated heterocycles. The Morgan fingerprint density at radius 1 is 1.17 bits per heavy atom. The molecule has 1 atom stereocenters. The van der Waals surface area contributed by atoms with Crippen molar-refractivity contribution in [2.45, 2.75) is 25.8 Å². The van der Waals surface area contributed by atoms with E-state index in [9.17, 15) is 19.5 Å². The molecular formula is C22H21NO6. The van der Waals surface area contributed by atoms with Crippen LogP contribution in [-0.4, -0.2) is 30.1 Å². The highest BCUT2D eigenvalue weighted by Gasteiger charge is 2.21. The quantitative estimate of drug-likeness (QED) is 0.596. The highest BCUT2D eigenvalue weighted by molar-refractivity contribution is 5.91. The third-order valence-electron chi connectivity index (χ3n) is 4.68. The van der Waals surface area contributed by atoms with Crippen molar-refractivity contribution in [3.8, 4) is 5.75 Å². The lowest BCUT2D eigenvalue weighted by Crippen LogP contribution is -2.43. The van der Waals surface area contributed by atoms with E-state index in [1.165, 1.54) is 13.2 Å². The predicted molar refractivity (Wildman–Crippen MR) is 107 cm³/mol. The van der Waals surface area contributed by atoms with Gasteiger partial charge in [-0.3, -0.25) is 4.79 Å². The summed E-state index contributed by atoms with van der Waals surface area (Å²) in [4.78, 5) is 36.1. The van der Waals surface area contributed by atoms with Gasteiger partial charge in [-0.05, 0) is 30.2 Å². The molecule has 0 radical (unpaired) electrons. The molecule has 0 aliphatic rings. The van der Waals surface area contributed by atoms with E-state index < -0.39 is 23.5 Å². The van der Waals surface area contributed by atoms with Crippen molar-refractivity contribution in [1.82, 2.24) is 5.32 Å². The first-order valence-corrected chi connectivity index (χ1v) is 9.05. The molecule has 0 saturated carbocycles. The molecule has 1 heterocycles. The zero-order chi connectivity index (χ0) is 21.0. The summed E-state index contributed by atoms with van der Waals surface area (Å²) in [5.41, 5.74) is 1.67. The van der Waals surface area contributed by atoms with Gasteiger partial charge in [0.25, 0.3) is 0 Å². The fraction of sp³-hybridized carbons (Fsp3) is 0.227. The number of hydrogen-bond acceptors (Lipinski definition) is 5. The van der Waals surface area contributed by atoms with Gasteiger partial charge in [-0.2, -0.15) is 0 Å². The molecule has 0 fully saturated rings. The van der Waals surface area contributed by atoms with Crippen molar-refractivity contribution in [3.05, 3.63) is 75.6 Å². The molecule has 0 aliphatic carbocycles. The van der Waals surface area contributed by atoms with E-state index in [1.54, 1.807) is 31.2 Å². The number of carboxylic acids is 1. The molecule has 3 aromatic rings. The summed E-state index contributed by atoms with van der Waals surface area (Å²) in [6.45, 7) is 1.76. The van der Waals surface area contributed by atoms with E-state index in [1.807, 2.05) is 18.2 Å². The number of amides is 1. The highest BCUT2D eigenvalue weighted by atomic mass is 16.5. The average Bonchev–Trinajstić information content (AvgIpc) is 2.69. The first-order chi connectivity index (χ1) is 13.9. The van der Waals surface area contributed by atoms with Gasteiger partial charge in [-0.25, -0.2) is 9.59 Å². The van der Waals surface area contributed by atoms with Crippen molar-refractivity contribution in [3.63, 3.8) is 0 Å². The second kappa shape index (κ2) is 8.60. The van der Waals surface area contributed by atoms with Gasteiger partial charge in [0.2, 0.25) is 5.91 Å². The number of carbonyl (C=O) groups is 2. The van der Waals surface area contributed by atoms with E-state index in [-0.39, 0.29) is 12.8 Å².